The first-order valence-corrected chi connectivity index (χ1v) is 11.0. The number of carbonyl (C=O) groups is 3. The van der Waals surface area contributed by atoms with Crippen molar-refractivity contribution in [2.24, 2.45) is 11.7 Å². The number of nitrogens with two attached hydrogens (primary N) is 1. The predicted octanol–water partition coefficient (Wildman–Crippen LogP) is 2.00. The molecule has 9 nitrogen and oxygen atoms in total. The van der Waals surface area contributed by atoms with E-state index in [4.69, 9.17) is 38.8 Å². The summed E-state index contributed by atoms with van der Waals surface area (Å²) in [6, 6.07) is 2.27. The number of rotatable bonds is 3. The topological polar surface area (TPSA) is 136 Å². The third-order valence-corrected chi connectivity index (χ3v) is 6.43. The van der Waals surface area contributed by atoms with Crippen LogP contribution >= 0.6 is 23.2 Å². The van der Waals surface area contributed by atoms with E-state index in [1.165, 1.54) is 6.07 Å². The van der Waals surface area contributed by atoms with E-state index < -0.39 is 12.1 Å². The molecule has 2 heterocycles. The summed E-state index contributed by atoms with van der Waals surface area (Å²) in [6.07, 6.45) is -3.62. The van der Waals surface area contributed by atoms with Crippen molar-refractivity contribution < 1.29 is 37.8 Å². The van der Waals surface area contributed by atoms with Crippen LogP contribution in [0.1, 0.15) is 24.4 Å². The second-order valence-electron chi connectivity index (χ2n) is 8.02. The number of piperidine rings is 1. The minimum absolute atomic E-state index is 0.00911. The number of hydrogen-bond donors (Lipinski definition) is 4. The third kappa shape index (κ3) is 7.11. The van der Waals surface area contributed by atoms with Gasteiger partial charge in [0.05, 0.1) is 16.6 Å². The molecule has 2 aliphatic heterocycles. The molecule has 5 N–H and O–H groups in total. The molecular formula is C20H25Cl2F3N4O5. The van der Waals surface area contributed by atoms with Crippen molar-refractivity contribution in [2.75, 3.05) is 33.2 Å². The first kappa shape index (κ1) is 28.0. The molecule has 0 bridgehead atoms. The number of piperazine rings is 1. The number of likely N-dealkylation sites (N-methyl/N-ethyl adjacent to an activating group) is 1. The second-order valence-corrected chi connectivity index (χ2v) is 8.84. The number of carbonyl (C=O) groups excluding carboxylic acids is 2. The monoisotopic (exact) mass is 528 g/mol. The lowest BCUT2D eigenvalue weighted by atomic mass is 9.85. The maximum absolute atomic E-state index is 12.7. The summed E-state index contributed by atoms with van der Waals surface area (Å²) in [5.74, 6) is -2.59. The van der Waals surface area contributed by atoms with Gasteiger partial charge in [-0.05, 0) is 24.8 Å². The molecule has 2 atom stereocenters. The molecule has 1 aromatic carbocycles. The maximum atomic E-state index is 12.7. The Labute approximate surface area is 203 Å². The largest absolute Gasteiger partial charge is 0.508 e. The van der Waals surface area contributed by atoms with Crippen molar-refractivity contribution in [1.82, 2.24) is 15.1 Å². The molecule has 0 radical (unpaired) electrons. The zero-order valence-corrected chi connectivity index (χ0v) is 19.6. The average Bonchev–Trinajstić information content (AvgIpc) is 2.77. The molecule has 0 saturated carbocycles. The average molecular weight is 529 g/mol. The summed E-state index contributed by atoms with van der Waals surface area (Å²) in [4.78, 5) is 36.6. The first-order chi connectivity index (χ1) is 15.7. The number of nitrogens with zero attached hydrogens (tertiary/aromatic N) is 2. The molecule has 1 unspecified atom stereocenters. The van der Waals surface area contributed by atoms with Gasteiger partial charge < -0.3 is 25.7 Å². The molecule has 2 saturated heterocycles. The smallest absolute Gasteiger partial charge is 0.490 e. The lowest BCUT2D eigenvalue weighted by molar-refractivity contribution is -0.192. The highest BCUT2D eigenvalue weighted by molar-refractivity contribution is 6.42. The highest BCUT2D eigenvalue weighted by atomic mass is 35.5. The summed E-state index contributed by atoms with van der Waals surface area (Å²) in [5.41, 5.74) is 6.94. The van der Waals surface area contributed by atoms with Crippen molar-refractivity contribution in [1.29, 1.82) is 0 Å². The molecule has 190 valence electrons. The Hall–Kier alpha value is -2.28. The highest BCUT2D eigenvalue weighted by Crippen LogP contribution is 2.37. The summed E-state index contributed by atoms with van der Waals surface area (Å²) >= 11 is 12.0. The molecular weight excluding hydrogens is 504 g/mol. The van der Waals surface area contributed by atoms with Gasteiger partial charge in [0.15, 0.2) is 0 Å². The predicted molar refractivity (Wildman–Crippen MR) is 117 cm³/mol. The third-order valence-electron chi connectivity index (χ3n) is 5.71. The molecule has 1 aromatic rings. The Balaban J connectivity index is 0.000000509. The van der Waals surface area contributed by atoms with Crippen LogP contribution in [0.4, 0.5) is 13.2 Å². The standard InChI is InChI=1S/C18H24Cl2N4O3.C2HF3O2/c1-23-9-14(22-8-16(23)26)18(27)24-4-2-10(3-5-24)17(21)11-6-12(19)13(20)7-15(11)25;3-2(4,5)1(6)7/h6-7,10,14,17,22,25H,2-5,8-9,21H2,1H3;(H,6,7)/t14?,17-;/m1./s1. The molecule has 34 heavy (non-hydrogen) atoms. The zero-order valence-electron chi connectivity index (χ0n) is 18.1. The number of nitrogens with one attached hydrogen (secondary N) is 1. The van der Waals surface area contributed by atoms with Gasteiger partial charge in [-0.2, -0.15) is 13.2 Å². The van der Waals surface area contributed by atoms with Crippen molar-refractivity contribution >= 4 is 41.0 Å². The number of amides is 2. The van der Waals surface area contributed by atoms with Gasteiger partial charge in [0.25, 0.3) is 0 Å². The highest BCUT2D eigenvalue weighted by Gasteiger charge is 2.38. The van der Waals surface area contributed by atoms with Gasteiger partial charge in [-0.1, -0.05) is 23.2 Å². The minimum atomic E-state index is -5.08. The lowest BCUT2D eigenvalue weighted by Crippen LogP contribution is -2.59. The Bertz CT molecular complexity index is 926. The molecule has 0 aliphatic carbocycles. The Kier molecular flexibility index (Phi) is 9.40. The van der Waals surface area contributed by atoms with Crippen LogP contribution in [-0.2, 0) is 14.4 Å². The van der Waals surface area contributed by atoms with E-state index >= 15 is 0 Å². The van der Waals surface area contributed by atoms with Gasteiger partial charge in [-0.15, -0.1) is 0 Å². The molecule has 0 spiro atoms. The molecule has 14 heteroatoms. The Morgan fingerprint density at radius 1 is 1.21 bits per heavy atom. The van der Waals surface area contributed by atoms with E-state index in [-0.39, 0.29) is 47.1 Å². The zero-order chi connectivity index (χ0) is 25.8. The minimum Gasteiger partial charge on any atom is -0.508 e. The van der Waals surface area contributed by atoms with E-state index in [2.05, 4.69) is 5.32 Å². The van der Waals surface area contributed by atoms with Crippen LogP contribution < -0.4 is 11.1 Å². The van der Waals surface area contributed by atoms with Gasteiger partial charge >= 0.3 is 12.1 Å². The van der Waals surface area contributed by atoms with Crippen LogP contribution in [0.2, 0.25) is 10.0 Å². The van der Waals surface area contributed by atoms with Crippen LogP contribution in [-0.4, -0.2) is 83.2 Å². The number of phenols is 1. The second kappa shape index (κ2) is 11.4. The molecule has 2 fully saturated rings. The van der Waals surface area contributed by atoms with E-state index in [0.717, 1.165) is 12.8 Å². The number of carboxylic acids is 1. The number of hydrogen-bond acceptors (Lipinski definition) is 6. The van der Waals surface area contributed by atoms with Crippen LogP contribution in [0, 0.1) is 5.92 Å². The lowest BCUT2D eigenvalue weighted by Gasteiger charge is -2.38. The number of aliphatic carboxylic acids is 1. The Morgan fingerprint density at radius 2 is 1.74 bits per heavy atom. The van der Waals surface area contributed by atoms with Crippen LogP contribution in [0.5, 0.6) is 5.75 Å². The first-order valence-electron chi connectivity index (χ1n) is 10.2. The van der Waals surface area contributed by atoms with Crippen LogP contribution in [0.15, 0.2) is 12.1 Å². The van der Waals surface area contributed by atoms with Crippen molar-refractivity contribution in [3.05, 3.63) is 27.7 Å². The van der Waals surface area contributed by atoms with Crippen LogP contribution in [0.3, 0.4) is 0 Å². The van der Waals surface area contributed by atoms with Crippen molar-refractivity contribution in [3.8, 4) is 5.75 Å². The summed E-state index contributed by atoms with van der Waals surface area (Å²) in [6.45, 7) is 1.75. The van der Waals surface area contributed by atoms with E-state index in [9.17, 15) is 27.9 Å². The van der Waals surface area contributed by atoms with Gasteiger partial charge in [0.2, 0.25) is 11.8 Å². The quantitative estimate of drug-likeness (QED) is 0.470. The summed E-state index contributed by atoms with van der Waals surface area (Å²) in [7, 11) is 1.71. The van der Waals surface area contributed by atoms with E-state index in [1.807, 2.05) is 4.90 Å². The van der Waals surface area contributed by atoms with Crippen molar-refractivity contribution in [2.45, 2.75) is 31.1 Å². The number of carboxylic acid groups (broad SMARTS) is 1. The normalized spacial score (nSPS) is 20.4. The Morgan fingerprint density at radius 3 is 2.24 bits per heavy atom. The van der Waals surface area contributed by atoms with E-state index in [0.29, 0.717) is 30.2 Å². The van der Waals surface area contributed by atoms with Gasteiger partial charge in [-0.25, -0.2) is 4.79 Å². The fourth-order valence-electron chi connectivity index (χ4n) is 3.72. The SMILES string of the molecule is CN1CC(C(=O)N2CCC([C@@H](N)c3cc(Cl)c(Cl)cc3O)CC2)NCC1=O.O=C(O)C(F)(F)F. The summed E-state index contributed by atoms with van der Waals surface area (Å²) in [5, 5.41) is 20.9. The number of likely N-dealkylation sites (tertiary alicyclic amines) is 1. The molecule has 2 aliphatic rings. The van der Waals surface area contributed by atoms with Crippen LogP contribution in [0.25, 0.3) is 0 Å². The van der Waals surface area contributed by atoms with Gasteiger partial charge in [0, 0.05) is 44.4 Å². The molecule has 2 amide bonds. The number of phenolic OH excluding ortho intramolecular Hbond substituents is 1. The van der Waals surface area contributed by atoms with Gasteiger partial charge in [0.1, 0.15) is 11.8 Å². The summed E-state index contributed by atoms with van der Waals surface area (Å²) < 4.78 is 31.7. The number of aromatic hydroxyl groups is 1. The van der Waals surface area contributed by atoms with Crippen molar-refractivity contribution in [3.63, 3.8) is 0 Å². The maximum Gasteiger partial charge on any atom is 0.490 e. The number of alkyl halides is 3. The number of halogens is 5. The van der Waals surface area contributed by atoms with Gasteiger partial charge in [-0.3, -0.25) is 14.9 Å². The van der Waals surface area contributed by atoms with E-state index in [1.54, 1.807) is 18.0 Å². The molecule has 3 rings (SSSR count). The molecule has 0 aromatic heterocycles. The fraction of sp³-hybridized carbons (Fsp3) is 0.550. The fourth-order valence-corrected chi connectivity index (χ4v) is 4.05. The number of benzene rings is 1.